The molecule has 0 bridgehead atoms. The first-order valence-electron chi connectivity index (χ1n) is 9.13. The fourth-order valence-electron chi connectivity index (χ4n) is 3.56. The van der Waals surface area contributed by atoms with Gasteiger partial charge in [-0.05, 0) is 45.1 Å². The zero-order valence-electron chi connectivity index (χ0n) is 15.6. The molecule has 1 aromatic rings. The number of pyridine rings is 1. The van der Waals surface area contributed by atoms with Gasteiger partial charge in [0.15, 0.2) is 0 Å². The van der Waals surface area contributed by atoms with Gasteiger partial charge in [0.25, 0.3) is 5.91 Å². The number of carbonyl (C=O) groups is 2. The van der Waals surface area contributed by atoms with Crippen molar-refractivity contribution in [2.45, 2.75) is 50.9 Å². The number of nitrogens with one attached hydrogen (secondary N) is 2. The van der Waals surface area contributed by atoms with Crippen molar-refractivity contribution in [1.82, 2.24) is 15.6 Å². The summed E-state index contributed by atoms with van der Waals surface area (Å²) >= 11 is 0. The van der Waals surface area contributed by atoms with Gasteiger partial charge in [-0.25, -0.2) is 4.79 Å². The lowest BCUT2D eigenvalue weighted by Crippen LogP contribution is -2.47. The van der Waals surface area contributed by atoms with Crippen molar-refractivity contribution in [2.75, 3.05) is 18.0 Å². The fraction of sp³-hybridized carbons (Fsp3) is 0.611. The van der Waals surface area contributed by atoms with Crippen LogP contribution >= 0.6 is 0 Å². The summed E-state index contributed by atoms with van der Waals surface area (Å²) in [7, 11) is 0. The van der Waals surface area contributed by atoms with E-state index < -0.39 is 29.4 Å². The van der Waals surface area contributed by atoms with Gasteiger partial charge in [0, 0.05) is 25.3 Å². The molecule has 10 heteroatoms. The van der Waals surface area contributed by atoms with E-state index in [1.807, 2.05) is 6.92 Å². The number of halogens is 3. The van der Waals surface area contributed by atoms with E-state index in [0.717, 1.165) is 25.1 Å². The van der Waals surface area contributed by atoms with Crippen molar-refractivity contribution in [3.05, 3.63) is 23.5 Å². The molecule has 2 heterocycles. The van der Waals surface area contributed by atoms with Crippen LogP contribution in [0.3, 0.4) is 0 Å². The Morgan fingerprint density at radius 3 is 2.64 bits per heavy atom. The maximum Gasteiger partial charge on any atom is 0.433 e. The molecular formula is C18H23F3N4O3. The minimum atomic E-state index is -4.65. The highest BCUT2D eigenvalue weighted by molar-refractivity contribution is 5.99. The van der Waals surface area contributed by atoms with Gasteiger partial charge < -0.3 is 20.6 Å². The number of anilines is 1. The lowest BCUT2D eigenvalue weighted by Gasteiger charge is -2.27. The number of rotatable bonds is 5. The molecule has 1 unspecified atom stereocenters. The topological polar surface area (TPSA) is 94.6 Å². The third-order valence-electron chi connectivity index (χ3n) is 5.33. The number of carboxylic acid groups (broad SMARTS) is 1. The van der Waals surface area contributed by atoms with Gasteiger partial charge in [-0.2, -0.15) is 13.2 Å². The first-order valence-corrected chi connectivity index (χ1v) is 9.13. The minimum Gasteiger partial charge on any atom is -0.465 e. The largest absolute Gasteiger partial charge is 0.465 e. The normalized spacial score (nSPS) is 23.4. The van der Waals surface area contributed by atoms with Crippen LogP contribution in [0.5, 0.6) is 0 Å². The number of alkyl halides is 3. The van der Waals surface area contributed by atoms with Crippen LogP contribution in [-0.2, 0) is 6.18 Å². The van der Waals surface area contributed by atoms with Crippen molar-refractivity contribution in [2.24, 2.45) is 5.92 Å². The van der Waals surface area contributed by atoms with Gasteiger partial charge >= 0.3 is 12.3 Å². The number of hydrogen-bond donors (Lipinski definition) is 3. The Morgan fingerprint density at radius 1 is 1.39 bits per heavy atom. The zero-order chi connectivity index (χ0) is 20.7. The number of nitrogens with zero attached hydrogens (tertiary/aromatic N) is 2. The lowest BCUT2D eigenvalue weighted by atomic mass is 10.0. The average Bonchev–Trinajstić information content (AvgIpc) is 3.36. The molecule has 1 aliphatic carbocycles. The van der Waals surface area contributed by atoms with Crippen LogP contribution in [0.4, 0.5) is 23.7 Å². The number of hydrogen-bond acceptors (Lipinski definition) is 4. The Hall–Kier alpha value is -2.52. The molecule has 1 aliphatic heterocycles. The summed E-state index contributed by atoms with van der Waals surface area (Å²) in [6.07, 6.45) is -2.45. The number of amides is 2. The van der Waals surface area contributed by atoms with Gasteiger partial charge in [-0.3, -0.25) is 9.78 Å². The van der Waals surface area contributed by atoms with Crippen LogP contribution in [0.2, 0.25) is 0 Å². The third-order valence-corrected chi connectivity index (χ3v) is 5.33. The quantitative estimate of drug-likeness (QED) is 0.707. The monoisotopic (exact) mass is 400 g/mol. The van der Waals surface area contributed by atoms with Crippen LogP contribution in [0.25, 0.3) is 0 Å². The van der Waals surface area contributed by atoms with Crippen LogP contribution in [0.15, 0.2) is 12.3 Å². The average molecular weight is 400 g/mol. The standard InChI is InChI=1S/C18H23F3N4O3/c1-10(11-3-4-11)23-15(26)12-8-22-14(18(19,20)21)7-13(12)25-6-5-17(2,9-25)24-16(27)28/h7-8,10-11,24H,3-6,9H2,1-2H3,(H,23,26)(H,27,28)/t10-,17?/m0/s1. The van der Waals surface area contributed by atoms with Gasteiger partial charge in [-0.15, -0.1) is 0 Å². The van der Waals surface area contributed by atoms with E-state index in [-0.39, 0.29) is 23.8 Å². The molecule has 2 fully saturated rings. The second kappa shape index (κ2) is 7.14. The summed E-state index contributed by atoms with van der Waals surface area (Å²) in [6, 6.07) is 0.795. The maximum absolute atomic E-state index is 13.2. The van der Waals surface area contributed by atoms with Crippen molar-refractivity contribution in [3.63, 3.8) is 0 Å². The third kappa shape index (κ3) is 4.48. The Bertz CT molecular complexity index is 782. The summed E-state index contributed by atoms with van der Waals surface area (Å²) in [6.45, 7) is 4.02. The highest BCUT2D eigenvalue weighted by Crippen LogP contribution is 2.36. The first kappa shape index (κ1) is 20.2. The van der Waals surface area contributed by atoms with Crippen molar-refractivity contribution in [3.8, 4) is 0 Å². The van der Waals surface area contributed by atoms with E-state index in [0.29, 0.717) is 18.9 Å². The molecule has 1 saturated carbocycles. The molecule has 1 saturated heterocycles. The second-order valence-corrected chi connectivity index (χ2v) is 7.85. The molecule has 2 amide bonds. The molecule has 154 valence electrons. The van der Waals surface area contributed by atoms with E-state index in [9.17, 15) is 22.8 Å². The predicted octanol–water partition coefficient (Wildman–Crippen LogP) is 2.87. The van der Waals surface area contributed by atoms with Crippen LogP contribution < -0.4 is 15.5 Å². The van der Waals surface area contributed by atoms with Crippen LogP contribution in [0, 0.1) is 5.92 Å². The molecule has 2 atom stereocenters. The Morgan fingerprint density at radius 2 is 2.07 bits per heavy atom. The summed E-state index contributed by atoms with van der Waals surface area (Å²) in [5, 5.41) is 14.2. The Labute approximate surface area is 160 Å². The van der Waals surface area contributed by atoms with Gasteiger partial charge in [0.1, 0.15) is 5.69 Å². The molecule has 0 spiro atoms. The minimum absolute atomic E-state index is 0.0556. The van der Waals surface area contributed by atoms with E-state index in [4.69, 9.17) is 5.11 Å². The van der Waals surface area contributed by atoms with E-state index >= 15 is 0 Å². The summed E-state index contributed by atoms with van der Waals surface area (Å²) in [5.74, 6) is -0.0833. The number of carbonyl (C=O) groups excluding carboxylic acids is 1. The second-order valence-electron chi connectivity index (χ2n) is 7.85. The molecular weight excluding hydrogens is 377 g/mol. The zero-order valence-corrected chi connectivity index (χ0v) is 15.6. The molecule has 2 aliphatic rings. The summed E-state index contributed by atoms with van der Waals surface area (Å²) < 4.78 is 39.5. The predicted molar refractivity (Wildman–Crippen MR) is 95.3 cm³/mol. The maximum atomic E-state index is 13.2. The highest BCUT2D eigenvalue weighted by Gasteiger charge is 2.39. The van der Waals surface area contributed by atoms with E-state index in [2.05, 4.69) is 15.6 Å². The van der Waals surface area contributed by atoms with E-state index in [1.54, 1.807) is 11.8 Å². The Kier molecular flexibility index (Phi) is 5.16. The molecule has 0 aromatic carbocycles. The molecule has 0 radical (unpaired) electrons. The van der Waals surface area contributed by atoms with Crippen molar-refractivity contribution < 1.29 is 27.9 Å². The smallest absolute Gasteiger partial charge is 0.433 e. The molecule has 7 nitrogen and oxygen atoms in total. The van der Waals surface area contributed by atoms with Gasteiger partial charge in [0.2, 0.25) is 0 Å². The summed E-state index contributed by atoms with van der Waals surface area (Å²) in [5.41, 5.74) is -1.74. The summed E-state index contributed by atoms with van der Waals surface area (Å²) in [4.78, 5) is 28.7. The van der Waals surface area contributed by atoms with Crippen LogP contribution in [0.1, 0.15) is 49.2 Å². The molecule has 3 N–H and O–H groups in total. The first-order chi connectivity index (χ1) is 13.0. The van der Waals surface area contributed by atoms with Crippen molar-refractivity contribution >= 4 is 17.7 Å². The molecule has 28 heavy (non-hydrogen) atoms. The highest BCUT2D eigenvalue weighted by atomic mass is 19.4. The molecule has 3 rings (SSSR count). The number of aromatic nitrogens is 1. The Balaban J connectivity index is 1.90. The lowest BCUT2D eigenvalue weighted by molar-refractivity contribution is -0.141. The van der Waals surface area contributed by atoms with E-state index in [1.165, 1.54) is 0 Å². The van der Waals surface area contributed by atoms with Crippen LogP contribution in [-0.4, -0.2) is 46.8 Å². The fourth-order valence-corrected chi connectivity index (χ4v) is 3.56. The van der Waals surface area contributed by atoms with Gasteiger partial charge in [-0.1, -0.05) is 0 Å². The van der Waals surface area contributed by atoms with Crippen molar-refractivity contribution in [1.29, 1.82) is 0 Å². The molecule has 1 aromatic heterocycles. The van der Waals surface area contributed by atoms with Gasteiger partial charge in [0.05, 0.1) is 16.8 Å². The SMILES string of the molecule is C[C@H](NC(=O)c1cnc(C(F)(F)F)cc1N1CCC(C)(NC(=O)O)C1)C1CC1.